The maximum absolute atomic E-state index is 12.6. The number of para-hydroxylation sites is 1. The van der Waals surface area contributed by atoms with E-state index in [1.54, 1.807) is 12.1 Å². The van der Waals surface area contributed by atoms with E-state index in [9.17, 15) is 14.4 Å². The zero-order valence-corrected chi connectivity index (χ0v) is 13.3. The van der Waals surface area contributed by atoms with Gasteiger partial charge < -0.3 is 9.84 Å². The maximum atomic E-state index is 12.6. The van der Waals surface area contributed by atoms with Crippen molar-refractivity contribution in [2.75, 3.05) is 4.90 Å². The molecular weight excluding hydrogens is 298 g/mol. The van der Waals surface area contributed by atoms with Gasteiger partial charge in [0.1, 0.15) is 5.75 Å². The van der Waals surface area contributed by atoms with Gasteiger partial charge >= 0.3 is 5.97 Å². The molecule has 1 aliphatic rings. The molecule has 0 aliphatic carbocycles. The predicted octanol–water partition coefficient (Wildman–Crippen LogP) is 2.17. The molecule has 1 N–H and O–H groups in total. The number of hydrogen-bond donors (Lipinski definition) is 1. The van der Waals surface area contributed by atoms with Gasteiger partial charge in [0.15, 0.2) is 6.10 Å². The summed E-state index contributed by atoms with van der Waals surface area (Å²) in [5.74, 6) is -2.05. The monoisotopic (exact) mass is 317 g/mol. The quantitative estimate of drug-likeness (QED) is 0.860. The first-order valence-electron chi connectivity index (χ1n) is 7.44. The van der Waals surface area contributed by atoms with Gasteiger partial charge in [0, 0.05) is 12.2 Å². The highest BCUT2D eigenvalue weighted by molar-refractivity contribution is 6.22. The molecule has 0 bridgehead atoms. The van der Waals surface area contributed by atoms with Gasteiger partial charge in [-0.05, 0) is 24.0 Å². The van der Waals surface area contributed by atoms with Crippen molar-refractivity contribution in [3.8, 4) is 5.75 Å². The molecule has 0 fully saturated rings. The Balaban J connectivity index is 2.54. The number of imide groups is 1. The highest BCUT2D eigenvalue weighted by Gasteiger charge is 2.39. The second-order valence-corrected chi connectivity index (χ2v) is 5.58. The molecule has 6 nitrogen and oxygen atoms in total. The molecule has 0 spiro atoms. The number of carboxylic acids is 1. The number of benzene rings is 1. The van der Waals surface area contributed by atoms with Crippen LogP contribution in [0.3, 0.4) is 0 Å². The fraction of sp³-hybridized carbons (Fsp3) is 0.353. The number of carbonyl (C=O) groups excluding carboxylic acids is 2. The minimum absolute atomic E-state index is 0.126. The molecule has 0 saturated heterocycles. The molecule has 2 amide bonds. The smallest absolute Gasteiger partial charge is 0.328 e. The van der Waals surface area contributed by atoms with E-state index in [-0.39, 0.29) is 5.92 Å². The van der Waals surface area contributed by atoms with Crippen molar-refractivity contribution in [1.82, 2.24) is 0 Å². The third kappa shape index (κ3) is 3.26. The molecule has 1 atom stereocenters. The van der Waals surface area contributed by atoms with Crippen LogP contribution < -0.4 is 9.64 Å². The Bertz CT molecular complexity index is 678. The largest absolute Gasteiger partial charge is 0.478 e. The molecule has 0 aromatic heterocycles. The number of anilines is 1. The summed E-state index contributed by atoms with van der Waals surface area (Å²) in [7, 11) is 0. The Kier molecular flexibility index (Phi) is 4.83. The second-order valence-electron chi connectivity index (χ2n) is 5.58. The lowest BCUT2D eigenvalue weighted by Crippen LogP contribution is -2.50. The summed E-state index contributed by atoms with van der Waals surface area (Å²) in [4.78, 5) is 36.6. The highest BCUT2D eigenvalue weighted by Crippen LogP contribution is 2.39. The van der Waals surface area contributed by atoms with Gasteiger partial charge in [0.2, 0.25) is 0 Å². The number of amides is 2. The Morgan fingerprint density at radius 3 is 2.61 bits per heavy atom. The third-order valence-electron chi connectivity index (χ3n) is 3.60. The van der Waals surface area contributed by atoms with Crippen molar-refractivity contribution in [3.63, 3.8) is 0 Å². The number of ether oxygens (including phenoxy) is 1. The average Bonchev–Trinajstić information content (AvgIpc) is 2.50. The SMILES string of the molecule is CCc1cccc2c1OC(C(C)C)C(=O)N2C(=O)C=CC(=O)O. The first-order valence-corrected chi connectivity index (χ1v) is 7.44. The molecule has 1 aromatic carbocycles. The summed E-state index contributed by atoms with van der Waals surface area (Å²) in [6, 6.07) is 5.24. The standard InChI is InChI=1S/C17H19NO5/c1-4-11-6-5-7-12-16(11)23-15(10(2)3)17(22)18(12)13(19)8-9-14(20)21/h5-10,15H,4H2,1-3H3,(H,20,21). The first kappa shape index (κ1) is 16.7. The van der Waals surface area contributed by atoms with Gasteiger partial charge in [0.05, 0.1) is 5.69 Å². The van der Waals surface area contributed by atoms with Crippen LogP contribution in [-0.4, -0.2) is 29.0 Å². The van der Waals surface area contributed by atoms with E-state index in [0.717, 1.165) is 22.6 Å². The number of aliphatic carboxylic acids is 1. The van der Waals surface area contributed by atoms with E-state index in [0.29, 0.717) is 17.9 Å². The zero-order chi connectivity index (χ0) is 17.1. The second kappa shape index (κ2) is 6.64. The molecule has 6 heteroatoms. The Labute approximate surface area is 134 Å². The number of carboxylic acid groups (broad SMARTS) is 1. The average molecular weight is 317 g/mol. The van der Waals surface area contributed by atoms with Gasteiger partial charge in [0.25, 0.3) is 11.8 Å². The van der Waals surface area contributed by atoms with Crippen LogP contribution in [0.4, 0.5) is 5.69 Å². The molecule has 1 unspecified atom stereocenters. The predicted molar refractivity (Wildman–Crippen MR) is 84.3 cm³/mol. The fourth-order valence-electron chi connectivity index (χ4n) is 2.45. The third-order valence-corrected chi connectivity index (χ3v) is 3.60. The van der Waals surface area contributed by atoms with Gasteiger partial charge in [-0.3, -0.25) is 9.59 Å². The lowest BCUT2D eigenvalue weighted by Gasteiger charge is -2.35. The summed E-state index contributed by atoms with van der Waals surface area (Å²) in [6.07, 6.45) is 1.51. The van der Waals surface area contributed by atoms with Gasteiger partial charge in [-0.15, -0.1) is 0 Å². The highest BCUT2D eigenvalue weighted by atomic mass is 16.5. The van der Waals surface area contributed by atoms with Crippen molar-refractivity contribution in [1.29, 1.82) is 0 Å². The molecule has 23 heavy (non-hydrogen) atoms. The van der Waals surface area contributed by atoms with Crippen molar-refractivity contribution in [2.45, 2.75) is 33.3 Å². The lowest BCUT2D eigenvalue weighted by atomic mass is 10.0. The van der Waals surface area contributed by atoms with E-state index in [4.69, 9.17) is 9.84 Å². The zero-order valence-electron chi connectivity index (χ0n) is 13.3. The summed E-state index contributed by atoms with van der Waals surface area (Å²) in [6.45, 7) is 5.62. The molecular formula is C17H19NO5. The fourth-order valence-corrected chi connectivity index (χ4v) is 2.45. The van der Waals surface area contributed by atoms with Crippen LogP contribution in [0.2, 0.25) is 0 Å². The minimum Gasteiger partial charge on any atom is -0.478 e. The van der Waals surface area contributed by atoms with Crippen molar-refractivity contribution < 1.29 is 24.2 Å². The molecule has 122 valence electrons. The summed E-state index contributed by atoms with van der Waals surface area (Å²) < 4.78 is 5.85. The number of hydrogen-bond acceptors (Lipinski definition) is 4. The Morgan fingerprint density at radius 1 is 1.35 bits per heavy atom. The van der Waals surface area contributed by atoms with Gasteiger partial charge in [-0.25, -0.2) is 9.69 Å². The molecule has 0 radical (unpaired) electrons. The number of fused-ring (bicyclic) bond motifs is 1. The van der Waals surface area contributed by atoms with Crippen molar-refractivity contribution in [2.24, 2.45) is 5.92 Å². The normalized spacial score (nSPS) is 17.3. The van der Waals surface area contributed by atoms with Crippen LogP contribution in [0.25, 0.3) is 0 Å². The maximum Gasteiger partial charge on any atom is 0.328 e. The number of aryl methyl sites for hydroxylation is 1. The molecule has 1 aromatic rings. The summed E-state index contributed by atoms with van der Waals surface area (Å²) in [5, 5.41) is 8.68. The summed E-state index contributed by atoms with van der Waals surface area (Å²) in [5.41, 5.74) is 1.24. The van der Waals surface area contributed by atoms with Crippen LogP contribution >= 0.6 is 0 Å². The van der Waals surface area contributed by atoms with Crippen LogP contribution in [0.15, 0.2) is 30.4 Å². The Hall–Kier alpha value is -2.63. The Morgan fingerprint density at radius 2 is 2.04 bits per heavy atom. The van der Waals surface area contributed by atoms with Gasteiger partial charge in [-0.1, -0.05) is 32.9 Å². The summed E-state index contributed by atoms with van der Waals surface area (Å²) >= 11 is 0. The van der Waals surface area contributed by atoms with Crippen molar-refractivity contribution >= 4 is 23.5 Å². The topological polar surface area (TPSA) is 83.9 Å². The number of rotatable bonds is 4. The number of carbonyl (C=O) groups is 3. The van der Waals surface area contributed by atoms with Crippen molar-refractivity contribution in [3.05, 3.63) is 35.9 Å². The van der Waals surface area contributed by atoms with Crippen LogP contribution in [0, 0.1) is 5.92 Å². The van der Waals surface area contributed by atoms with E-state index < -0.39 is 23.9 Å². The van der Waals surface area contributed by atoms with Crippen LogP contribution in [0.5, 0.6) is 5.75 Å². The minimum atomic E-state index is -1.25. The van der Waals surface area contributed by atoms with Gasteiger partial charge in [-0.2, -0.15) is 0 Å². The van der Waals surface area contributed by atoms with E-state index >= 15 is 0 Å². The van der Waals surface area contributed by atoms with Crippen LogP contribution in [-0.2, 0) is 20.8 Å². The van der Waals surface area contributed by atoms with Crippen LogP contribution in [0.1, 0.15) is 26.3 Å². The van der Waals surface area contributed by atoms with E-state index in [1.807, 2.05) is 26.8 Å². The molecule has 0 saturated carbocycles. The number of nitrogens with zero attached hydrogens (tertiary/aromatic N) is 1. The molecule has 1 heterocycles. The first-order chi connectivity index (χ1) is 10.9. The molecule has 2 rings (SSSR count). The lowest BCUT2D eigenvalue weighted by molar-refractivity contribution is -0.133. The molecule has 1 aliphatic heterocycles. The van der Waals surface area contributed by atoms with E-state index in [2.05, 4.69) is 0 Å². The van der Waals surface area contributed by atoms with E-state index in [1.165, 1.54) is 0 Å².